The highest BCUT2D eigenvalue weighted by Gasteiger charge is 2.09. The first-order valence-electron chi connectivity index (χ1n) is 6.60. The third kappa shape index (κ3) is 12.8. The number of ether oxygens (including phenoxy) is 1. The van der Waals surface area contributed by atoms with Crippen molar-refractivity contribution in [3.8, 4) is 0 Å². The van der Waals surface area contributed by atoms with Crippen LogP contribution in [0.25, 0.3) is 0 Å². The van der Waals surface area contributed by atoms with E-state index in [9.17, 15) is 19.2 Å². The summed E-state index contributed by atoms with van der Waals surface area (Å²) in [7, 11) is 1.75. The lowest BCUT2D eigenvalue weighted by Gasteiger charge is -2.15. The number of nitrogens with zero attached hydrogens (tertiary/aromatic N) is 1. The first-order chi connectivity index (χ1) is 9.81. The summed E-state index contributed by atoms with van der Waals surface area (Å²) in [6, 6.07) is 0. The largest absolute Gasteiger partial charge is 0.481 e. The summed E-state index contributed by atoms with van der Waals surface area (Å²) in [6.07, 6.45) is -0.312. The standard InChI is InChI=1S/C13H21NO7/c1-14(7-6-10(15)2-3-11(16)17)8-9-21-13(20)5-4-12(18)19/h2-9H2,1H3,(H,16,17)(H,18,19). The molecule has 21 heavy (non-hydrogen) atoms. The van der Waals surface area contributed by atoms with Crippen molar-refractivity contribution in [1.29, 1.82) is 0 Å². The molecule has 0 amide bonds. The van der Waals surface area contributed by atoms with Gasteiger partial charge in [-0.3, -0.25) is 19.2 Å². The Hall–Kier alpha value is -1.96. The second kappa shape index (κ2) is 10.8. The van der Waals surface area contributed by atoms with Crippen molar-refractivity contribution in [3.05, 3.63) is 0 Å². The molecule has 0 saturated heterocycles. The third-order valence-corrected chi connectivity index (χ3v) is 2.67. The van der Waals surface area contributed by atoms with Crippen LogP contribution in [0.3, 0.4) is 0 Å². The number of rotatable bonds is 12. The van der Waals surface area contributed by atoms with E-state index in [0.717, 1.165) is 0 Å². The van der Waals surface area contributed by atoms with Crippen molar-refractivity contribution in [1.82, 2.24) is 4.90 Å². The van der Waals surface area contributed by atoms with E-state index >= 15 is 0 Å². The molecule has 0 aliphatic rings. The van der Waals surface area contributed by atoms with Gasteiger partial charge in [0.15, 0.2) is 0 Å². The molecule has 8 nitrogen and oxygen atoms in total. The Kier molecular flexibility index (Phi) is 9.78. The summed E-state index contributed by atoms with van der Waals surface area (Å²) >= 11 is 0. The van der Waals surface area contributed by atoms with Gasteiger partial charge in [0.2, 0.25) is 0 Å². The Labute approximate surface area is 122 Å². The number of carbonyl (C=O) groups excluding carboxylic acids is 2. The second-order valence-corrected chi connectivity index (χ2v) is 4.60. The second-order valence-electron chi connectivity index (χ2n) is 4.60. The molecule has 0 aromatic rings. The number of Topliss-reactive ketones (excluding diaryl/α,β-unsaturated/α-hetero) is 1. The average Bonchev–Trinajstić information content (AvgIpc) is 2.40. The van der Waals surface area contributed by atoms with E-state index in [0.29, 0.717) is 13.1 Å². The first kappa shape index (κ1) is 19.0. The van der Waals surface area contributed by atoms with Crippen LogP contribution >= 0.6 is 0 Å². The average molecular weight is 303 g/mol. The lowest BCUT2D eigenvalue weighted by atomic mass is 10.1. The van der Waals surface area contributed by atoms with Gasteiger partial charge in [0.05, 0.1) is 19.3 Å². The summed E-state index contributed by atoms with van der Waals surface area (Å²) in [4.78, 5) is 44.8. The summed E-state index contributed by atoms with van der Waals surface area (Å²) in [5.74, 6) is -2.74. The van der Waals surface area contributed by atoms with Crippen molar-refractivity contribution in [2.24, 2.45) is 0 Å². The molecule has 0 radical (unpaired) electrons. The Balaban J connectivity index is 3.64. The topological polar surface area (TPSA) is 121 Å². The molecule has 8 heteroatoms. The van der Waals surface area contributed by atoms with Gasteiger partial charge in [-0.15, -0.1) is 0 Å². The number of hydrogen-bond donors (Lipinski definition) is 2. The van der Waals surface area contributed by atoms with Crippen LogP contribution in [0.15, 0.2) is 0 Å². The highest BCUT2D eigenvalue weighted by atomic mass is 16.5. The highest BCUT2D eigenvalue weighted by molar-refractivity contribution is 5.82. The van der Waals surface area contributed by atoms with Crippen LogP contribution < -0.4 is 0 Å². The van der Waals surface area contributed by atoms with Crippen LogP contribution in [0, 0.1) is 0 Å². The fourth-order valence-electron chi connectivity index (χ4n) is 1.40. The molecule has 2 N–H and O–H groups in total. The van der Waals surface area contributed by atoms with Gasteiger partial charge < -0.3 is 19.8 Å². The maximum Gasteiger partial charge on any atom is 0.306 e. The van der Waals surface area contributed by atoms with Crippen LogP contribution in [0.2, 0.25) is 0 Å². The van der Waals surface area contributed by atoms with E-state index in [1.165, 1.54) is 0 Å². The molecular weight excluding hydrogens is 282 g/mol. The number of hydrogen-bond acceptors (Lipinski definition) is 6. The minimum atomic E-state index is -1.05. The molecular formula is C13H21NO7. The molecule has 0 unspecified atom stereocenters. The highest BCUT2D eigenvalue weighted by Crippen LogP contribution is 1.98. The minimum absolute atomic E-state index is 0.0212. The third-order valence-electron chi connectivity index (χ3n) is 2.67. The summed E-state index contributed by atoms with van der Waals surface area (Å²) < 4.78 is 4.84. The summed E-state index contributed by atoms with van der Waals surface area (Å²) in [5.41, 5.74) is 0. The Morgan fingerprint density at radius 1 is 0.857 bits per heavy atom. The van der Waals surface area contributed by atoms with Crippen LogP contribution in [-0.2, 0) is 23.9 Å². The van der Waals surface area contributed by atoms with E-state index in [-0.39, 0.29) is 44.5 Å². The number of carbonyl (C=O) groups is 4. The lowest BCUT2D eigenvalue weighted by molar-refractivity contribution is -0.148. The first-order valence-corrected chi connectivity index (χ1v) is 6.60. The zero-order valence-electron chi connectivity index (χ0n) is 12.0. The molecule has 0 bridgehead atoms. The van der Waals surface area contributed by atoms with Crippen molar-refractivity contribution in [3.63, 3.8) is 0 Å². The molecule has 0 aliphatic carbocycles. The maximum absolute atomic E-state index is 11.4. The molecule has 0 aliphatic heterocycles. The van der Waals surface area contributed by atoms with E-state index in [2.05, 4.69) is 0 Å². The van der Waals surface area contributed by atoms with Gasteiger partial charge in [-0.25, -0.2) is 0 Å². The zero-order valence-corrected chi connectivity index (χ0v) is 12.0. The van der Waals surface area contributed by atoms with Gasteiger partial charge in [0, 0.05) is 25.9 Å². The molecule has 0 aromatic carbocycles. The fourth-order valence-corrected chi connectivity index (χ4v) is 1.40. The predicted octanol–water partition coefficient (Wildman–Crippen LogP) is 0.150. The Morgan fingerprint density at radius 2 is 1.43 bits per heavy atom. The van der Waals surface area contributed by atoms with Gasteiger partial charge in [-0.2, -0.15) is 0 Å². The number of aliphatic carboxylic acids is 2. The number of likely N-dealkylation sites (N-methyl/N-ethyl adjacent to an activating group) is 1. The number of esters is 1. The maximum atomic E-state index is 11.4. The summed E-state index contributed by atoms with van der Waals surface area (Å²) in [6.45, 7) is 0.994. The number of carboxylic acid groups (broad SMARTS) is 2. The van der Waals surface area contributed by atoms with Crippen molar-refractivity contribution in [2.45, 2.75) is 32.1 Å². The smallest absolute Gasteiger partial charge is 0.306 e. The van der Waals surface area contributed by atoms with Crippen LogP contribution in [-0.4, -0.2) is 65.5 Å². The molecule has 0 aromatic heterocycles. The number of ketones is 1. The quantitative estimate of drug-likeness (QED) is 0.489. The van der Waals surface area contributed by atoms with Gasteiger partial charge in [-0.05, 0) is 7.05 Å². The molecule has 0 saturated carbocycles. The van der Waals surface area contributed by atoms with Crippen LogP contribution in [0.1, 0.15) is 32.1 Å². The van der Waals surface area contributed by atoms with Crippen LogP contribution in [0.5, 0.6) is 0 Å². The Morgan fingerprint density at radius 3 is 2.00 bits per heavy atom. The van der Waals surface area contributed by atoms with E-state index < -0.39 is 17.9 Å². The molecule has 0 spiro atoms. The number of carboxylic acids is 2. The molecule has 0 rings (SSSR count). The SMILES string of the molecule is CN(CCOC(=O)CCC(=O)O)CCC(=O)CCC(=O)O. The van der Waals surface area contributed by atoms with Crippen molar-refractivity contribution in [2.75, 3.05) is 26.7 Å². The van der Waals surface area contributed by atoms with E-state index in [1.807, 2.05) is 0 Å². The van der Waals surface area contributed by atoms with E-state index in [1.54, 1.807) is 11.9 Å². The fraction of sp³-hybridized carbons (Fsp3) is 0.692. The normalized spacial score (nSPS) is 10.4. The summed E-state index contributed by atoms with van der Waals surface area (Å²) in [5, 5.41) is 16.8. The van der Waals surface area contributed by atoms with E-state index in [4.69, 9.17) is 14.9 Å². The minimum Gasteiger partial charge on any atom is -0.481 e. The lowest BCUT2D eigenvalue weighted by Crippen LogP contribution is -2.27. The molecule has 120 valence electrons. The molecule has 0 fully saturated rings. The monoisotopic (exact) mass is 303 g/mol. The van der Waals surface area contributed by atoms with Gasteiger partial charge in [0.25, 0.3) is 0 Å². The van der Waals surface area contributed by atoms with Crippen molar-refractivity contribution < 1.29 is 34.1 Å². The zero-order chi connectivity index (χ0) is 16.3. The molecule has 0 atom stereocenters. The Bertz CT molecular complexity index is 381. The predicted molar refractivity (Wildman–Crippen MR) is 71.8 cm³/mol. The van der Waals surface area contributed by atoms with Gasteiger partial charge in [-0.1, -0.05) is 0 Å². The van der Waals surface area contributed by atoms with Gasteiger partial charge >= 0.3 is 17.9 Å². The van der Waals surface area contributed by atoms with Gasteiger partial charge in [0.1, 0.15) is 12.4 Å². The molecule has 0 heterocycles. The van der Waals surface area contributed by atoms with Crippen LogP contribution in [0.4, 0.5) is 0 Å². The van der Waals surface area contributed by atoms with Crippen molar-refractivity contribution >= 4 is 23.7 Å².